The number of carbonyl (C=O) groups is 2. The molecular weight excluding hydrogens is 192 g/mol. The molecule has 0 spiro atoms. The molecule has 1 fully saturated rings. The Morgan fingerprint density at radius 3 is 2.53 bits per heavy atom. The van der Waals surface area contributed by atoms with E-state index < -0.39 is 6.10 Å². The highest BCUT2D eigenvalue weighted by molar-refractivity contribution is 5.89. The summed E-state index contributed by atoms with van der Waals surface area (Å²) in [6, 6.07) is 9.42. The van der Waals surface area contributed by atoms with Gasteiger partial charge in [0.25, 0.3) is 0 Å². The van der Waals surface area contributed by atoms with E-state index in [1.165, 1.54) is 6.92 Å². The van der Waals surface area contributed by atoms with Gasteiger partial charge in [-0.2, -0.15) is 0 Å². The van der Waals surface area contributed by atoms with Gasteiger partial charge in [0.2, 0.25) is 0 Å². The number of ether oxygens (including phenoxy) is 1. The quantitative estimate of drug-likeness (QED) is 0.688. The van der Waals surface area contributed by atoms with E-state index in [1.54, 1.807) is 0 Å². The van der Waals surface area contributed by atoms with Crippen molar-refractivity contribution in [2.24, 2.45) is 0 Å². The maximum atomic E-state index is 11.5. The van der Waals surface area contributed by atoms with Crippen molar-refractivity contribution in [2.75, 3.05) is 0 Å². The standard InChI is InChI=1S/C12H12O3/c1-8(13)11-7-10(12(14)15-11)9-5-3-2-4-6-9/h2-6,10-11H,7H2,1H3/t10-,11-/m1/s1. The molecule has 15 heavy (non-hydrogen) atoms. The van der Waals surface area contributed by atoms with E-state index in [4.69, 9.17) is 4.74 Å². The third-order valence-electron chi connectivity index (χ3n) is 2.65. The predicted octanol–water partition coefficient (Wildman–Crippen LogP) is 1.67. The number of Topliss-reactive ketones (excluding diaryl/α,β-unsaturated/α-hetero) is 1. The lowest BCUT2D eigenvalue weighted by Crippen LogP contribution is -2.16. The lowest BCUT2D eigenvalue weighted by Gasteiger charge is -2.04. The zero-order valence-corrected chi connectivity index (χ0v) is 8.47. The highest BCUT2D eigenvalue weighted by Gasteiger charge is 2.37. The number of rotatable bonds is 2. The third kappa shape index (κ3) is 1.91. The monoisotopic (exact) mass is 204 g/mol. The van der Waals surface area contributed by atoms with Gasteiger partial charge < -0.3 is 4.74 Å². The molecule has 0 N–H and O–H groups in total. The second kappa shape index (κ2) is 3.85. The van der Waals surface area contributed by atoms with Crippen LogP contribution in [0, 0.1) is 0 Å². The van der Waals surface area contributed by atoms with E-state index in [-0.39, 0.29) is 17.7 Å². The van der Waals surface area contributed by atoms with E-state index in [2.05, 4.69) is 0 Å². The lowest BCUT2D eigenvalue weighted by atomic mass is 9.95. The Balaban J connectivity index is 2.19. The summed E-state index contributed by atoms with van der Waals surface area (Å²) in [6.45, 7) is 1.45. The highest BCUT2D eigenvalue weighted by atomic mass is 16.6. The minimum absolute atomic E-state index is 0.0817. The van der Waals surface area contributed by atoms with Gasteiger partial charge in [0.05, 0.1) is 5.92 Å². The molecule has 0 unspecified atom stereocenters. The summed E-state index contributed by atoms with van der Waals surface area (Å²) in [6.07, 6.45) is -0.0826. The maximum Gasteiger partial charge on any atom is 0.314 e. The molecule has 0 aliphatic carbocycles. The van der Waals surface area contributed by atoms with Crippen LogP contribution in [-0.2, 0) is 14.3 Å². The van der Waals surface area contributed by atoms with Gasteiger partial charge in [0.15, 0.2) is 11.9 Å². The molecule has 3 nitrogen and oxygen atoms in total. The molecule has 2 atom stereocenters. The third-order valence-corrected chi connectivity index (χ3v) is 2.65. The van der Waals surface area contributed by atoms with Gasteiger partial charge in [-0.05, 0) is 12.5 Å². The number of cyclic esters (lactones) is 1. The zero-order chi connectivity index (χ0) is 10.8. The Hall–Kier alpha value is -1.64. The number of carbonyl (C=O) groups excluding carboxylic acids is 2. The van der Waals surface area contributed by atoms with Crippen molar-refractivity contribution in [1.29, 1.82) is 0 Å². The second-order valence-electron chi connectivity index (χ2n) is 3.74. The number of ketones is 1. The van der Waals surface area contributed by atoms with Crippen LogP contribution < -0.4 is 0 Å². The minimum Gasteiger partial charge on any atom is -0.454 e. The molecule has 2 rings (SSSR count). The number of benzene rings is 1. The van der Waals surface area contributed by atoms with Crippen molar-refractivity contribution in [3.05, 3.63) is 35.9 Å². The Kier molecular flexibility index (Phi) is 2.54. The first-order valence-electron chi connectivity index (χ1n) is 4.94. The Labute approximate surface area is 88.1 Å². The van der Waals surface area contributed by atoms with Gasteiger partial charge in [-0.3, -0.25) is 9.59 Å². The van der Waals surface area contributed by atoms with Crippen molar-refractivity contribution in [3.8, 4) is 0 Å². The molecule has 0 radical (unpaired) electrons. The SMILES string of the molecule is CC(=O)[C@H]1C[C@H](c2ccccc2)C(=O)O1. The normalized spacial score (nSPS) is 25.0. The fourth-order valence-electron chi connectivity index (χ4n) is 1.79. The smallest absolute Gasteiger partial charge is 0.314 e. The van der Waals surface area contributed by atoms with E-state index in [0.717, 1.165) is 5.56 Å². The average molecular weight is 204 g/mol. The predicted molar refractivity (Wildman–Crippen MR) is 54.4 cm³/mol. The molecule has 1 aromatic carbocycles. The maximum absolute atomic E-state index is 11.5. The van der Waals surface area contributed by atoms with Gasteiger partial charge >= 0.3 is 5.97 Å². The Morgan fingerprint density at radius 2 is 2.00 bits per heavy atom. The largest absolute Gasteiger partial charge is 0.454 e. The molecule has 1 aliphatic heterocycles. The van der Waals surface area contributed by atoms with Crippen LogP contribution in [-0.4, -0.2) is 17.9 Å². The molecule has 1 saturated heterocycles. The van der Waals surface area contributed by atoms with E-state index in [9.17, 15) is 9.59 Å². The molecule has 1 aromatic rings. The van der Waals surface area contributed by atoms with Crippen LogP contribution in [0.25, 0.3) is 0 Å². The van der Waals surface area contributed by atoms with Crippen molar-refractivity contribution in [3.63, 3.8) is 0 Å². The lowest BCUT2D eigenvalue weighted by molar-refractivity contribution is -0.147. The van der Waals surface area contributed by atoms with E-state index in [0.29, 0.717) is 6.42 Å². The Morgan fingerprint density at radius 1 is 1.33 bits per heavy atom. The van der Waals surface area contributed by atoms with E-state index >= 15 is 0 Å². The molecule has 3 heteroatoms. The Bertz CT molecular complexity index is 383. The molecule has 0 saturated carbocycles. The summed E-state index contributed by atoms with van der Waals surface area (Å²) in [5.74, 6) is -0.650. The van der Waals surface area contributed by atoms with Gasteiger partial charge in [-0.25, -0.2) is 0 Å². The van der Waals surface area contributed by atoms with E-state index in [1.807, 2.05) is 30.3 Å². The van der Waals surface area contributed by atoms with Gasteiger partial charge in [0, 0.05) is 6.42 Å². The van der Waals surface area contributed by atoms with Crippen LogP contribution in [0.15, 0.2) is 30.3 Å². The van der Waals surface area contributed by atoms with Crippen molar-refractivity contribution < 1.29 is 14.3 Å². The summed E-state index contributed by atoms with van der Waals surface area (Å²) < 4.78 is 5.00. The molecule has 0 aromatic heterocycles. The topological polar surface area (TPSA) is 43.4 Å². The second-order valence-corrected chi connectivity index (χ2v) is 3.74. The molecule has 1 heterocycles. The molecule has 0 bridgehead atoms. The molecular formula is C12H12O3. The van der Waals surface area contributed by atoms with Crippen LogP contribution in [0.3, 0.4) is 0 Å². The fourth-order valence-corrected chi connectivity index (χ4v) is 1.79. The van der Waals surface area contributed by atoms with Crippen LogP contribution in [0.4, 0.5) is 0 Å². The van der Waals surface area contributed by atoms with Crippen molar-refractivity contribution in [2.45, 2.75) is 25.4 Å². The van der Waals surface area contributed by atoms with Gasteiger partial charge in [-0.15, -0.1) is 0 Å². The molecule has 0 amide bonds. The first-order chi connectivity index (χ1) is 7.18. The van der Waals surface area contributed by atoms with Crippen molar-refractivity contribution in [1.82, 2.24) is 0 Å². The fraction of sp³-hybridized carbons (Fsp3) is 0.333. The number of hydrogen-bond acceptors (Lipinski definition) is 3. The number of hydrogen-bond donors (Lipinski definition) is 0. The minimum atomic E-state index is -0.553. The van der Waals surface area contributed by atoms with Crippen LogP contribution in [0.1, 0.15) is 24.8 Å². The summed E-state index contributed by atoms with van der Waals surface area (Å²) in [5.41, 5.74) is 0.922. The molecule has 1 aliphatic rings. The average Bonchev–Trinajstić information content (AvgIpc) is 2.62. The summed E-state index contributed by atoms with van der Waals surface area (Å²) in [7, 11) is 0. The first-order valence-corrected chi connectivity index (χ1v) is 4.94. The highest BCUT2D eigenvalue weighted by Crippen LogP contribution is 2.30. The van der Waals surface area contributed by atoms with Crippen LogP contribution >= 0.6 is 0 Å². The zero-order valence-electron chi connectivity index (χ0n) is 8.47. The van der Waals surface area contributed by atoms with Crippen LogP contribution in [0.2, 0.25) is 0 Å². The van der Waals surface area contributed by atoms with Gasteiger partial charge in [0.1, 0.15) is 0 Å². The molecule has 78 valence electrons. The summed E-state index contributed by atoms with van der Waals surface area (Å²) >= 11 is 0. The summed E-state index contributed by atoms with van der Waals surface area (Å²) in [5, 5.41) is 0. The summed E-state index contributed by atoms with van der Waals surface area (Å²) in [4.78, 5) is 22.6. The van der Waals surface area contributed by atoms with Crippen molar-refractivity contribution >= 4 is 11.8 Å². The first kappa shape index (κ1) is 9.90. The van der Waals surface area contributed by atoms with Gasteiger partial charge in [-0.1, -0.05) is 30.3 Å². The number of esters is 1. The van der Waals surface area contributed by atoms with Crippen LogP contribution in [0.5, 0.6) is 0 Å².